The van der Waals surface area contributed by atoms with Crippen molar-refractivity contribution in [1.82, 2.24) is 5.06 Å². The van der Waals surface area contributed by atoms with Crippen LogP contribution in [0.1, 0.15) is 33.6 Å². The highest BCUT2D eigenvalue weighted by Crippen LogP contribution is 2.14. The number of carboxylic acids is 2. The molecule has 0 saturated carbocycles. The fourth-order valence-electron chi connectivity index (χ4n) is 1.09. The van der Waals surface area contributed by atoms with E-state index in [0.29, 0.717) is 5.06 Å². The Kier molecular flexibility index (Phi) is 5.60. The molecule has 17 heavy (non-hydrogen) atoms. The van der Waals surface area contributed by atoms with E-state index < -0.39 is 23.6 Å². The van der Waals surface area contributed by atoms with Crippen molar-refractivity contribution in [2.45, 2.75) is 45.3 Å². The van der Waals surface area contributed by atoms with Gasteiger partial charge in [-0.1, -0.05) is 0 Å². The highest BCUT2D eigenvalue weighted by atomic mass is 16.7. The van der Waals surface area contributed by atoms with Crippen molar-refractivity contribution >= 4 is 18.3 Å². The highest BCUT2D eigenvalue weighted by molar-refractivity contribution is 5.77. The monoisotopic (exact) mass is 247 g/mol. The number of carbonyl (C=O) groups is 3. The molecule has 0 aromatic rings. The van der Waals surface area contributed by atoms with Crippen LogP contribution in [0, 0.1) is 0 Å². The minimum atomic E-state index is -1.30. The van der Waals surface area contributed by atoms with Gasteiger partial charge in [-0.2, -0.15) is 0 Å². The van der Waals surface area contributed by atoms with Crippen molar-refractivity contribution in [2.75, 3.05) is 0 Å². The van der Waals surface area contributed by atoms with Crippen molar-refractivity contribution in [1.29, 1.82) is 0 Å². The molecule has 0 rings (SSSR count). The average Bonchev–Trinajstić information content (AvgIpc) is 2.13. The van der Waals surface area contributed by atoms with E-state index in [1.165, 1.54) is 0 Å². The second kappa shape index (κ2) is 6.19. The molecule has 0 aliphatic carbocycles. The molecule has 0 heterocycles. The number of aliphatic carboxylic acids is 2. The van der Waals surface area contributed by atoms with Gasteiger partial charge in [0.1, 0.15) is 0 Å². The molecule has 0 saturated heterocycles. The van der Waals surface area contributed by atoms with Gasteiger partial charge in [0, 0.05) is 6.42 Å². The van der Waals surface area contributed by atoms with Crippen LogP contribution in [0.3, 0.4) is 0 Å². The molecule has 0 aromatic heterocycles. The van der Waals surface area contributed by atoms with Crippen LogP contribution in [-0.2, 0) is 19.2 Å². The van der Waals surface area contributed by atoms with Gasteiger partial charge in [0.15, 0.2) is 6.04 Å². The Balaban J connectivity index is 4.69. The standard InChI is InChI=1S/C10H17NO6/c1-10(2,3)17-11(6-12)7(9(15)16)4-5-8(13)14/h6-7H,4-5H2,1-3H3,(H,13,14)(H,15,16). The quantitative estimate of drug-likeness (QED) is 0.501. The summed E-state index contributed by atoms with van der Waals surface area (Å²) in [4.78, 5) is 37.2. The highest BCUT2D eigenvalue weighted by Gasteiger charge is 2.29. The zero-order valence-corrected chi connectivity index (χ0v) is 10.0. The van der Waals surface area contributed by atoms with E-state index in [1.54, 1.807) is 20.8 Å². The zero-order valence-electron chi connectivity index (χ0n) is 10.0. The molecule has 1 unspecified atom stereocenters. The van der Waals surface area contributed by atoms with E-state index in [1.807, 2.05) is 0 Å². The van der Waals surface area contributed by atoms with E-state index in [9.17, 15) is 14.4 Å². The number of hydrogen-bond acceptors (Lipinski definition) is 4. The number of hydroxylamine groups is 2. The number of rotatable bonds is 7. The van der Waals surface area contributed by atoms with E-state index in [0.717, 1.165) is 0 Å². The fraction of sp³-hybridized carbons (Fsp3) is 0.700. The molecule has 0 aromatic carbocycles. The van der Waals surface area contributed by atoms with Gasteiger partial charge in [0.25, 0.3) is 0 Å². The lowest BCUT2D eigenvalue weighted by Gasteiger charge is -2.30. The number of carbonyl (C=O) groups excluding carboxylic acids is 1. The first-order valence-electron chi connectivity index (χ1n) is 5.04. The van der Waals surface area contributed by atoms with Crippen LogP contribution in [0.5, 0.6) is 0 Å². The van der Waals surface area contributed by atoms with Gasteiger partial charge in [-0.15, -0.1) is 0 Å². The normalized spacial score (nSPS) is 12.9. The zero-order chi connectivity index (χ0) is 13.6. The lowest BCUT2D eigenvalue weighted by Crippen LogP contribution is -2.44. The number of amides is 1. The van der Waals surface area contributed by atoms with Crippen LogP contribution in [0.4, 0.5) is 0 Å². The van der Waals surface area contributed by atoms with Crippen molar-refractivity contribution in [3.63, 3.8) is 0 Å². The lowest BCUT2D eigenvalue weighted by molar-refractivity contribution is -0.235. The molecular formula is C10H17NO6. The first-order chi connectivity index (χ1) is 7.67. The molecular weight excluding hydrogens is 230 g/mol. The SMILES string of the molecule is CC(C)(C)ON(C=O)C(CCC(=O)O)C(=O)O. The van der Waals surface area contributed by atoms with Gasteiger partial charge in [0.2, 0.25) is 6.41 Å². The topological polar surface area (TPSA) is 104 Å². The molecule has 0 spiro atoms. The van der Waals surface area contributed by atoms with Crippen molar-refractivity contribution in [3.05, 3.63) is 0 Å². The summed E-state index contributed by atoms with van der Waals surface area (Å²) < 4.78 is 0. The summed E-state index contributed by atoms with van der Waals surface area (Å²) in [5.74, 6) is -2.43. The third-order valence-corrected chi connectivity index (χ3v) is 1.71. The maximum absolute atomic E-state index is 10.9. The summed E-state index contributed by atoms with van der Waals surface area (Å²) in [5.41, 5.74) is -0.738. The maximum Gasteiger partial charge on any atom is 0.329 e. The Hall–Kier alpha value is -1.63. The summed E-state index contributed by atoms with van der Waals surface area (Å²) in [5, 5.41) is 18.0. The van der Waals surface area contributed by atoms with Gasteiger partial charge in [-0.25, -0.2) is 9.86 Å². The number of hydrogen-bond donors (Lipinski definition) is 2. The van der Waals surface area contributed by atoms with Crippen LogP contribution in [-0.4, -0.2) is 45.3 Å². The minimum absolute atomic E-state index is 0.209. The van der Waals surface area contributed by atoms with Crippen LogP contribution in [0.2, 0.25) is 0 Å². The third kappa shape index (κ3) is 6.52. The molecule has 1 amide bonds. The van der Waals surface area contributed by atoms with Crippen LogP contribution in [0.15, 0.2) is 0 Å². The Morgan fingerprint density at radius 2 is 1.88 bits per heavy atom. The first kappa shape index (κ1) is 15.4. The molecule has 98 valence electrons. The lowest BCUT2D eigenvalue weighted by atomic mass is 10.1. The Labute approximate surface area is 98.9 Å². The average molecular weight is 247 g/mol. The van der Waals surface area contributed by atoms with Crippen molar-refractivity contribution in [3.8, 4) is 0 Å². The van der Waals surface area contributed by atoms with E-state index in [4.69, 9.17) is 15.1 Å². The van der Waals surface area contributed by atoms with E-state index in [2.05, 4.69) is 0 Å². The minimum Gasteiger partial charge on any atom is -0.481 e. The Morgan fingerprint density at radius 3 is 2.18 bits per heavy atom. The number of nitrogens with zero attached hydrogens (tertiary/aromatic N) is 1. The van der Waals surface area contributed by atoms with E-state index in [-0.39, 0.29) is 19.3 Å². The third-order valence-electron chi connectivity index (χ3n) is 1.71. The van der Waals surface area contributed by atoms with Crippen LogP contribution < -0.4 is 0 Å². The predicted molar refractivity (Wildman–Crippen MR) is 57.0 cm³/mol. The molecule has 7 nitrogen and oxygen atoms in total. The molecule has 2 N–H and O–H groups in total. The largest absolute Gasteiger partial charge is 0.481 e. The molecule has 0 aliphatic rings. The molecule has 7 heteroatoms. The molecule has 0 bridgehead atoms. The molecule has 1 atom stereocenters. The van der Waals surface area contributed by atoms with Gasteiger partial charge in [-0.05, 0) is 27.2 Å². The maximum atomic E-state index is 10.9. The Morgan fingerprint density at radius 1 is 1.35 bits per heavy atom. The van der Waals surface area contributed by atoms with Crippen molar-refractivity contribution < 1.29 is 29.4 Å². The first-order valence-corrected chi connectivity index (χ1v) is 5.04. The van der Waals surface area contributed by atoms with Crippen LogP contribution in [0.25, 0.3) is 0 Å². The molecule has 0 fully saturated rings. The molecule has 0 radical (unpaired) electrons. The van der Waals surface area contributed by atoms with Gasteiger partial charge in [-0.3, -0.25) is 14.4 Å². The summed E-state index contributed by atoms with van der Waals surface area (Å²) in [6.45, 7) is 4.96. The number of carboxylic acid groups (broad SMARTS) is 2. The summed E-state index contributed by atoms with van der Waals surface area (Å²) in [6, 6.07) is -1.30. The fourth-order valence-corrected chi connectivity index (χ4v) is 1.09. The second-order valence-electron chi connectivity index (χ2n) is 4.46. The summed E-state index contributed by atoms with van der Waals surface area (Å²) >= 11 is 0. The molecule has 0 aliphatic heterocycles. The van der Waals surface area contributed by atoms with Gasteiger partial charge < -0.3 is 10.2 Å². The predicted octanol–water partition coefficient (Wildman–Crippen LogP) is 0.493. The van der Waals surface area contributed by atoms with Crippen molar-refractivity contribution in [2.24, 2.45) is 0 Å². The van der Waals surface area contributed by atoms with Gasteiger partial charge in [0.05, 0.1) is 5.60 Å². The smallest absolute Gasteiger partial charge is 0.329 e. The second-order valence-corrected chi connectivity index (χ2v) is 4.46. The summed E-state index contributed by atoms with van der Waals surface area (Å²) in [7, 11) is 0. The van der Waals surface area contributed by atoms with Crippen LogP contribution >= 0.6 is 0 Å². The Bertz CT molecular complexity index is 296. The van der Waals surface area contributed by atoms with E-state index >= 15 is 0 Å². The van der Waals surface area contributed by atoms with Gasteiger partial charge >= 0.3 is 11.9 Å². The summed E-state index contributed by atoms with van der Waals surface area (Å²) in [6.07, 6.45) is -0.319.